The molecule has 1 aliphatic carbocycles. The second-order valence-corrected chi connectivity index (χ2v) is 4.58. The van der Waals surface area contributed by atoms with E-state index in [-0.39, 0.29) is 0 Å². The summed E-state index contributed by atoms with van der Waals surface area (Å²) in [5, 5.41) is 3.45. The van der Waals surface area contributed by atoms with Crippen LogP contribution in [-0.2, 0) is 6.42 Å². The van der Waals surface area contributed by atoms with Crippen LogP contribution >= 0.6 is 0 Å². The molecule has 0 aromatic carbocycles. The fourth-order valence-electron chi connectivity index (χ4n) is 2.69. The normalized spacial score (nSPS) is 20.3. The summed E-state index contributed by atoms with van der Waals surface area (Å²) in [5.41, 5.74) is 0. The Balaban J connectivity index is 1.91. The number of hydrogen-bond donors (Lipinski definition) is 1. The van der Waals surface area contributed by atoms with Gasteiger partial charge in [-0.1, -0.05) is 19.3 Å². The SMILES string of the molecule is CNC(Cc1ccco1)C1CCCCC1. The van der Waals surface area contributed by atoms with Gasteiger partial charge in [-0.15, -0.1) is 0 Å². The second-order valence-electron chi connectivity index (χ2n) is 4.58. The van der Waals surface area contributed by atoms with Gasteiger partial charge < -0.3 is 9.73 Å². The average Bonchev–Trinajstić information content (AvgIpc) is 2.80. The van der Waals surface area contributed by atoms with Crippen LogP contribution in [0.15, 0.2) is 22.8 Å². The smallest absolute Gasteiger partial charge is 0.105 e. The molecular weight excluding hydrogens is 186 g/mol. The van der Waals surface area contributed by atoms with E-state index in [4.69, 9.17) is 4.42 Å². The molecule has 0 radical (unpaired) electrons. The molecular formula is C13H21NO. The number of furan rings is 1. The molecule has 1 aliphatic rings. The predicted octanol–water partition coefficient (Wildman–Crippen LogP) is 2.99. The van der Waals surface area contributed by atoms with Crippen molar-refractivity contribution < 1.29 is 4.42 Å². The zero-order chi connectivity index (χ0) is 10.5. The van der Waals surface area contributed by atoms with Gasteiger partial charge in [0.1, 0.15) is 5.76 Å². The third-order valence-corrected chi connectivity index (χ3v) is 3.59. The third-order valence-electron chi connectivity index (χ3n) is 3.59. The molecule has 1 atom stereocenters. The van der Waals surface area contributed by atoms with E-state index in [0.717, 1.165) is 18.1 Å². The van der Waals surface area contributed by atoms with Crippen LogP contribution in [0.2, 0.25) is 0 Å². The molecule has 0 bridgehead atoms. The Morgan fingerprint density at radius 3 is 2.80 bits per heavy atom. The minimum Gasteiger partial charge on any atom is -0.469 e. The van der Waals surface area contributed by atoms with Crippen molar-refractivity contribution in [1.82, 2.24) is 5.32 Å². The topological polar surface area (TPSA) is 25.2 Å². The lowest BCUT2D eigenvalue weighted by atomic mass is 9.82. The van der Waals surface area contributed by atoms with Gasteiger partial charge in [0, 0.05) is 12.5 Å². The second kappa shape index (κ2) is 5.36. The van der Waals surface area contributed by atoms with Crippen molar-refractivity contribution in [3.63, 3.8) is 0 Å². The molecule has 0 amide bonds. The summed E-state index contributed by atoms with van der Waals surface area (Å²) in [6, 6.07) is 4.65. The Bertz CT molecular complexity index is 262. The predicted molar refractivity (Wildman–Crippen MR) is 61.8 cm³/mol. The van der Waals surface area contributed by atoms with Crippen molar-refractivity contribution in [2.75, 3.05) is 7.05 Å². The summed E-state index contributed by atoms with van der Waals surface area (Å²) in [5.74, 6) is 1.95. The number of rotatable bonds is 4. The molecule has 0 saturated heterocycles. The Morgan fingerprint density at radius 2 is 2.20 bits per heavy atom. The van der Waals surface area contributed by atoms with Gasteiger partial charge in [-0.05, 0) is 37.9 Å². The van der Waals surface area contributed by atoms with Gasteiger partial charge in [-0.3, -0.25) is 0 Å². The average molecular weight is 207 g/mol. The van der Waals surface area contributed by atoms with Gasteiger partial charge in [0.05, 0.1) is 6.26 Å². The highest BCUT2D eigenvalue weighted by molar-refractivity contribution is 5.01. The van der Waals surface area contributed by atoms with Crippen LogP contribution in [-0.4, -0.2) is 13.1 Å². The van der Waals surface area contributed by atoms with Crippen molar-refractivity contribution in [2.24, 2.45) is 5.92 Å². The lowest BCUT2D eigenvalue weighted by Gasteiger charge is -2.29. The van der Waals surface area contributed by atoms with E-state index in [1.165, 1.54) is 32.1 Å². The van der Waals surface area contributed by atoms with Crippen LogP contribution in [0.1, 0.15) is 37.9 Å². The molecule has 0 spiro atoms. The first-order valence-corrected chi connectivity index (χ1v) is 6.10. The van der Waals surface area contributed by atoms with Crippen LogP contribution in [0.4, 0.5) is 0 Å². The van der Waals surface area contributed by atoms with E-state index in [9.17, 15) is 0 Å². The maximum absolute atomic E-state index is 5.42. The molecule has 2 nitrogen and oxygen atoms in total. The van der Waals surface area contributed by atoms with E-state index in [2.05, 4.69) is 18.4 Å². The zero-order valence-corrected chi connectivity index (χ0v) is 9.54. The summed E-state index contributed by atoms with van der Waals surface area (Å²) in [4.78, 5) is 0. The first kappa shape index (κ1) is 10.7. The quantitative estimate of drug-likeness (QED) is 0.821. The number of nitrogens with one attached hydrogen (secondary N) is 1. The van der Waals surface area contributed by atoms with E-state index in [1.807, 2.05) is 6.07 Å². The summed E-state index contributed by atoms with van der Waals surface area (Å²) in [6.45, 7) is 0. The van der Waals surface area contributed by atoms with Crippen molar-refractivity contribution >= 4 is 0 Å². The Labute approximate surface area is 92.1 Å². The molecule has 2 rings (SSSR count). The Hall–Kier alpha value is -0.760. The van der Waals surface area contributed by atoms with Gasteiger partial charge in [0.2, 0.25) is 0 Å². The lowest BCUT2D eigenvalue weighted by Crippen LogP contribution is -2.36. The van der Waals surface area contributed by atoms with Crippen LogP contribution in [0, 0.1) is 5.92 Å². The van der Waals surface area contributed by atoms with Crippen molar-refractivity contribution in [1.29, 1.82) is 0 Å². The summed E-state index contributed by atoms with van der Waals surface area (Å²) in [7, 11) is 2.07. The van der Waals surface area contributed by atoms with Crippen LogP contribution in [0.3, 0.4) is 0 Å². The van der Waals surface area contributed by atoms with Crippen molar-refractivity contribution in [2.45, 2.75) is 44.6 Å². The maximum Gasteiger partial charge on any atom is 0.105 e. The summed E-state index contributed by atoms with van der Waals surface area (Å²) < 4.78 is 5.42. The molecule has 0 aliphatic heterocycles. The molecule has 15 heavy (non-hydrogen) atoms. The third kappa shape index (κ3) is 2.85. The zero-order valence-electron chi connectivity index (χ0n) is 9.54. The minimum atomic E-state index is 0.594. The first-order chi connectivity index (χ1) is 7.40. The Kier molecular flexibility index (Phi) is 3.84. The van der Waals surface area contributed by atoms with Gasteiger partial charge in [0.25, 0.3) is 0 Å². The molecule has 1 unspecified atom stereocenters. The van der Waals surface area contributed by atoms with Gasteiger partial charge in [0.15, 0.2) is 0 Å². The molecule has 1 N–H and O–H groups in total. The molecule has 2 heteroatoms. The van der Waals surface area contributed by atoms with E-state index in [1.54, 1.807) is 6.26 Å². The van der Waals surface area contributed by atoms with Gasteiger partial charge in [-0.25, -0.2) is 0 Å². The molecule has 1 fully saturated rings. The maximum atomic E-state index is 5.42. The summed E-state index contributed by atoms with van der Waals surface area (Å²) >= 11 is 0. The van der Waals surface area contributed by atoms with Crippen molar-refractivity contribution in [3.05, 3.63) is 24.2 Å². The summed E-state index contributed by atoms with van der Waals surface area (Å²) in [6.07, 6.45) is 9.80. The highest BCUT2D eigenvalue weighted by atomic mass is 16.3. The minimum absolute atomic E-state index is 0.594. The molecule has 1 heterocycles. The van der Waals surface area contributed by atoms with E-state index < -0.39 is 0 Å². The van der Waals surface area contributed by atoms with E-state index >= 15 is 0 Å². The highest BCUT2D eigenvalue weighted by Gasteiger charge is 2.23. The fraction of sp³-hybridized carbons (Fsp3) is 0.692. The lowest BCUT2D eigenvalue weighted by molar-refractivity contribution is 0.268. The highest BCUT2D eigenvalue weighted by Crippen LogP contribution is 2.27. The van der Waals surface area contributed by atoms with Crippen LogP contribution in [0.25, 0.3) is 0 Å². The van der Waals surface area contributed by atoms with Crippen LogP contribution < -0.4 is 5.32 Å². The van der Waals surface area contributed by atoms with E-state index in [0.29, 0.717) is 6.04 Å². The molecule has 1 aromatic rings. The molecule has 1 saturated carbocycles. The van der Waals surface area contributed by atoms with Crippen LogP contribution in [0.5, 0.6) is 0 Å². The number of hydrogen-bond acceptors (Lipinski definition) is 2. The monoisotopic (exact) mass is 207 g/mol. The van der Waals surface area contributed by atoms with Crippen molar-refractivity contribution in [3.8, 4) is 0 Å². The standard InChI is InChI=1S/C13H21NO/c1-14-13(10-12-8-5-9-15-12)11-6-3-2-4-7-11/h5,8-9,11,13-14H,2-4,6-7,10H2,1H3. The fourth-order valence-corrected chi connectivity index (χ4v) is 2.69. The first-order valence-electron chi connectivity index (χ1n) is 6.10. The van der Waals surface area contributed by atoms with Gasteiger partial charge in [-0.2, -0.15) is 0 Å². The van der Waals surface area contributed by atoms with Gasteiger partial charge >= 0.3 is 0 Å². The Morgan fingerprint density at radius 1 is 1.40 bits per heavy atom. The molecule has 1 aromatic heterocycles. The molecule has 84 valence electrons. The number of likely N-dealkylation sites (N-methyl/N-ethyl adjacent to an activating group) is 1. The largest absolute Gasteiger partial charge is 0.469 e.